The van der Waals surface area contributed by atoms with Crippen molar-refractivity contribution in [2.45, 2.75) is 6.54 Å². The van der Waals surface area contributed by atoms with E-state index in [1.165, 1.54) is 11.9 Å². The van der Waals surface area contributed by atoms with Gasteiger partial charge in [-0.3, -0.25) is 4.68 Å². The molecule has 0 aliphatic rings. The molecule has 5 heteroatoms. The fourth-order valence-corrected chi connectivity index (χ4v) is 1.83. The van der Waals surface area contributed by atoms with E-state index in [9.17, 15) is 4.79 Å². The molecule has 0 saturated heterocycles. The summed E-state index contributed by atoms with van der Waals surface area (Å²) in [5.41, 5.74) is 1.99. The molecule has 0 saturated carbocycles. The maximum atomic E-state index is 10.4. The zero-order valence-corrected chi connectivity index (χ0v) is 9.12. The fourth-order valence-electron chi connectivity index (χ4n) is 1.47. The first-order chi connectivity index (χ1) is 7.35. The third kappa shape index (κ3) is 1.97. The molecule has 0 unspecified atom stereocenters. The molecule has 15 heavy (non-hydrogen) atoms. The molecule has 0 bridgehead atoms. The Kier molecular flexibility index (Phi) is 2.91. The molecule has 0 aliphatic heterocycles. The number of nitrogens with zero attached hydrogens (tertiary/aromatic N) is 2. The van der Waals surface area contributed by atoms with Crippen molar-refractivity contribution in [1.29, 1.82) is 0 Å². The van der Waals surface area contributed by atoms with Crippen LogP contribution >= 0.6 is 11.9 Å². The number of hydrogen-bond acceptors (Lipinski definition) is 4. The molecule has 0 amide bonds. The molecule has 1 N–H and O–H groups in total. The summed E-state index contributed by atoms with van der Waals surface area (Å²) in [6, 6.07) is 5.97. The first-order valence-corrected chi connectivity index (χ1v) is 5.76. The highest BCUT2D eigenvalue weighted by Crippen LogP contribution is 2.20. The number of aldehydes is 1. The van der Waals surface area contributed by atoms with Gasteiger partial charge in [-0.2, -0.15) is 5.10 Å². The lowest BCUT2D eigenvalue weighted by molar-refractivity contribution is -0.108. The molecule has 0 fully saturated rings. The molecule has 1 aromatic carbocycles. The first kappa shape index (κ1) is 10.0. The second-order valence-electron chi connectivity index (χ2n) is 3.07. The average Bonchev–Trinajstić information content (AvgIpc) is 2.63. The standard InChI is InChI=1S/C10H11N3OS/c1-15-12-9-3-2-8-7-11-13(4-5-14)10(8)6-9/h2-3,5-7,12H,4H2,1H3. The van der Waals surface area contributed by atoms with Crippen LogP contribution in [0.4, 0.5) is 5.69 Å². The summed E-state index contributed by atoms with van der Waals surface area (Å²) in [7, 11) is 0. The summed E-state index contributed by atoms with van der Waals surface area (Å²) in [5, 5.41) is 5.18. The van der Waals surface area contributed by atoms with E-state index in [1.807, 2.05) is 24.5 Å². The molecule has 0 aliphatic carbocycles. The van der Waals surface area contributed by atoms with Crippen LogP contribution in [0.5, 0.6) is 0 Å². The lowest BCUT2D eigenvalue weighted by Crippen LogP contribution is -2.00. The van der Waals surface area contributed by atoms with E-state index >= 15 is 0 Å². The topological polar surface area (TPSA) is 46.9 Å². The normalized spacial score (nSPS) is 10.5. The minimum atomic E-state index is 0.298. The molecule has 1 heterocycles. The van der Waals surface area contributed by atoms with Gasteiger partial charge in [-0.05, 0) is 18.2 Å². The van der Waals surface area contributed by atoms with E-state index in [-0.39, 0.29) is 0 Å². The van der Waals surface area contributed by atoms with Crippen LogP contribution in [0.3, 0.4) is 0 Å². The van der Waals surface area contributed by atoms with Crippen molar-refractivity contribution < 1.29 is 4.79 Å². The van der Waals surface area contributed by atoms with Gasteiger partial charge in [-0.15, -0.1) is 0 Å². The lowest BCUT2D eigenvalue weighted by atomic mass is 10.2. The highest BCUT2D eigenvalue weighted by atomic mass is 32.2. The third-order valence-corrected chi connectivity index (χ3v) is 2.55. The maximum Gasteiger partial charge on any atom is 0.141 e. The van der Waals surface area contributed by atoms with Crippen LogP contribution in [0, 0.1) is 0 Å². The minimum absolute atomic E-state index is 0.298. The van der Waals surface area contributed by atoms with Gasteiger partial charge >= 0.3 is 0 Å². The number of rotatable bonds is 4. The third-order valence-electron chi connectivity index (χ3n) is 2.11. The van der Waals surface area contributed by atoms with Crippen molar-refractivity contribution >= 4 is 34.8 Å². The van der Waals surface area contributed by atoms with Gasteiger partial charge in [-0.25, -0.2) is 0 Å². The first-order valence-electron chi connectivity index (χ1n) is 4.53. The van der Waals surface area contributed by atoms with Crippen molar-refractivity contribution in [3.63, 3.8) is 0 Å². The van der Waals surface area contributed by atoms with Crippen LogP contribution in [0.25, 0.3) is 10.9 Å². The Morgan fingerprint density at radius 1 is 1.60 bits per heavy atom. The van der Waals surface area contributed by atoms with Gasteiger partial charge in [0.05, 0.1) is 18.3 Å². The van der Waals surface area contributed by atoms with Gasteiger partial charge in [0.1, 0.15) is 6.29 Å². The van der Waals surface area contributed by atoms with Crippen molar-refractivity contribution in [2.24, 2.45) is 0 Å². The molecule has 0 spiro atoms. The Labute approximate surface area is 91.8 Å². The van der Waals surface area contributed by atoms with E-state index in [0.29, 0.717) is 6.54 Å². The molecule has 78 valence electrons. The van der Waals surface area contributed by atoms with E-state index in [1.54, 1.807) is 10.9 Å². The van der Waals surface area contributed by atoms with Gasteiger partial charge in [0.25, 0.3) is 0 Å². The SMILES string of the molecule is CSNc1ccc2cnn(CC=O)c2c1. The van der Waals surface area contributed by atoms with Crippen LogP contribution in [-0.4, -0.2) is 22.3 Å². The van der Waals surface area contributed by atoms with Crippen LogP contribution in [0.2, 0.25) is 0 Å². The summed E-state index contributed by atoms with van der Waals surface area (Å²) >= 11 is 1.54. The molecular weight excluding hydrogens is 210 g/mol. The Bertz CT molecular complexity index is 480. The molecular formula is C10H11N3OS. The highest BCUT2D eigenvalue weighted by Gasteiger charge is 2.02. The number of aromatic nitrogens is 2. The largest absolute Gasteiger partial charge is 0.330 e. The van der Waals surface area contributed by atoms with Crippen LogP contribution < -0.4 is 4.72 Å². The quantitative estimate of drug-likeness (QED) is 0.633. The second-order valence-corrected chi connectivity index (χ2v) is 3.69. The number of fused-ring (bicyclic) bond motifs is 1. The van der Waals surface area contributed by atoms with E-state index in [2.05, 4.69) is 9.82 Å². The van der Waals surface area contributed by atoms with Gasteiger partial charge in [-0.1, -0.05) is 11.9 Å². The average molecular weight is 221 g/mol. The molecule has 2 rings (SSSR count). The molecule has 0 atom stereocenters. The Morgan fingerprint density at radius 3 is 3.20 bits per heavy atom. The number of hydrogen-bond donors (Lipinski definition) is 1. The van der Waals surface area contributed by atoms with E-state index < -0.39 is 0 Å². The van der Waals surface area contributed by atoms with Gasteiger partial charge in [0.15, 0.2) is 0 Å². The molecule has 1 aromatic heterocycles. The second kappa shape index (κ2) is 4.35. The van der Waals surface area contributed by atoms with Gasteiger partial charge in [0.2, 0.25) is 0 Å². The summed E-state index contributed by atoms with van der Waals surface area (Å²) in [4.78, 5) is 10.4. The van der Waals surface area contributed by atoms with Crippen LogP contribution in [0.1, 0.15) is 0 Å². The molecule has 2 aromatic rings. The minimum Gasteiger partial charge on any atom is -0.330 e. The summed E-state index contributed by atoms with van der Waals surface area (Å²) < 4.78 is 4.83. The molecule has 4 nitrogen and oxygen atoms in total. The van der Waals surface area contributed by atoms with Crippen LogP contribution in [-0.2, 0) is 11.3 Å². The Morgan fingerprint density at radius 2 is 2.47 bits per heavy atom. The number of carbonyl (C=O) groups excluding carboxylic acids is 1. The number of anilines is 1. The summed E-state index contributed by atoms with van der Waals surface area (Å²) in [5.74, 6) is 0. The van der Waals surface area contributed by atoms with Crippen LogP contribution in [0.15, 0.2) is 24.4 Å². The fraction of sp³-hybridized carbons (Fsp3) is 0.200. The van der Waals surface area contributed by atoms with Crippen molar-refractivity contribution in [1.82, 2.24) is 9.78 Å². The summed E-state index contributed by atoms with van der Waals surface area (Å²) in [6.07, 6.45) is 4.58. The Hall–Kier alpha value is -1.49. The number of nitrogens with one attached hydrogen (secondary N) is 1. The monoisotopic (exact) mass is 221 g/mol. The summed E-state index contributed by atoms with van der Waals surface area (Å²) in [6.45, 7) is 0.298. The highest BCUT2D eigenvalue weighted by molar-refractivity contribution is 7.99. The predicted molar refractivity (Wildman–Crippen MR) is 62.9 cm³/mol. The Balaban J connectivity index is 2.46. The predicted octanol–water partition coefficient (Wildman–Crippen LogP) is 1.93. The number of carbonyl (C=O) groups is 1. The van der Waals surface area contributed by atoms with Gasteiger partial charge < -0.3 is 9.52 Å². The molecule has 0 radical (unpaired) electrons. The van der Waals surface area contributed by atoms with Crippen molar-refractivity contribution in [2.75, 3.05) is 11.0 Å². The maximum absolute atomic E-state index is 10.4. The zero-order valence-electron chi connectivity index (χ0n) is 8.30. The van der Waals surface area contributed by atoms with Crippen molar-refractivity contribution in [3.8, 4) is 0 Å². The smallest absolute Gasteiger partial charge is 0.141 e. The van der Waals surface area contributed by atoms with E-state index in [4.69, 9.17) is 0 Å². The van der Waals surface area contributed by atoms with E-state index in [0.717, 1.165) is 22.9 Å². The number of benzene rings is 1. The lowest BCUT2D eigenvalue weighted by Gasteiger charge is -2.03. The van der Waals surface area contributed by atoms with Gasteiger partial charge in [0, 0.05) is 17.3 Å². The van der Waals surface area contributed by atoms with Crippen molar-refractivity contribution in [3.05, 3.63) is 24.4 Å². The zero-order chi connectivity index (χ0) is 10.7.